The van der Waals surface area contributed by atoms with Gasteiger partial charge < -0.3 is 18.9 Å². The van der Waals surface area contributed by atoms with E-state index in [9.17, 15) is 14.4 Å². The average Bonchev–Trinajstić information content (AvgIpc) is 3.46. The Bertz CT molecular complexity index is 918. The van der Waals surface area contributed by atoms with Crippen LogP contribution in [0.1, 0.15) is 57.2 Å². The minimum absolute atomic E-state index is 0.0920. The van der Waals surface area contributed by atoms with Gasteiger partial charge in [0.1, 0.15) is 6.04 Å². The fraction of sp³-hybridized carbons (Fsp3) is 0.500. The first kappa shape index (κ1) is 22.2. The third kappa shape index (κ3) is 4.49. The predicted molar refractivity (Wildman–Crippen MR) is 114 cm³/mol. The highest BCUT2D eigenvalue weighted by Gasteiger charge is 2.36. The molecule has 2 aromatic rings. The summed E-state index contributed by atoms with van der Waals surface area (Å²) in [5.74, 6) is -0.930. The second-order valence-corrected chi connectivity index (χ2v) is 8.57. The molecule has 3 heterocycles. The van der Waals surface area contributed by atoms with Crippen molar-refractivity contribution in [2.24, 2.45) is 0 Å². The van der Waals surface area contributed by atoms with Crippen LogP contribution < -0.4 is 0 Å². The molecule has 0 radical (unpaired) electrons. The zero-order chi connectivity index (χ0) is 21.8. The molecule has 1 aliphatic rings. The summed E-state index contributed by atoms with van der Waals surface area (Å²) in [7, 11) is 1.64. The van der Waals surface area contributed by atoms with E-state index in [1.165, 1.54) is 11.3 Å². The summed E-state index contributed by atoms with van der Waals surface area (Å²) >= 11 is 1.35. The first-order chi connectivity index (χ1) is 14.3. The van der Waals surface area contributed by atoms with Crippen molar-refractivity contribution < 1.29 is 23.9 Å². The molecule has 7 nitrogen and oxygen atoms in total. The summed E-state index contributed by atoms with van der Waals surface area (Å²) in [6, 6.07) is 4.83. The maximum Gasteiger partial charge on any atom is 0.329 e. The molecule has 0 bridgehead atoms. The van der Waals surface area contributed by atoms with Crippen molar-refractivity contribution in [3.63, 3.8) is 0 Å². The standard InChI is InChI=1S/C22H28N2O5S/c1-14-11-17(16(3)24(14)15(2)12-28-4)19(25)13-29-22(27)18-7-5-9-23(18)21(26)20-8-6-10-30-20/h6,8,10-11,15,18H,5,7,9,12-13H2,1-4H3. The summed E-state index contributed by atoms with van der Waals surface area (Å²) in [6.45, 7) is 6.56. The zero-order valence-corrected chi connectivity index (χ0v) is 18.7. The lowest BCUT2D eigenvalue weighted by Gasteiger charge is -2.22. The van der Waals surface area contributed by atoms with Gasteiger partial charge in [0.2, 0.25) is 5.78 Å². The van der Waals surface area contributed by atoms with Crippen LogP contribution in [-0.2, 0) is 14.3 Å². The third-order valence-electron chi connectivity index (χ3n) is 5.50. The molecule has 30 heavy (non-hydrogen) atoms. The molecule has 2 aromatic heterocycles. The Morgan fingerprint density at radius 3 is 2.73 bits per heavy atom. The second-order valence-electron chi connectivity index (χ2n) is 7.62. The Kier molecular flexibility index (Phi) is 7.10. The number of aromatic nitrogens is 1. The van der Waals surface area contributed by atoms with Crippen molar-refractivity contribution in [3.8, 4) is 0 Å². The molecule has 0 spiro atoms. The van der Waals surface area contributed by atoms with Crippen LogP contribution >= 0.6 is 11.3 Å². The first-order valence-corrected chi connectivity index (χ1v) is 10.9. The number of ether oxygens (including phenoxy) is 2. The Morgan fingerprint density at radius 1 is 1.30 bits per heavy atom. The predicted octanol–water partition coefficient (Wildman–Crippen LogP) is 3.40. The highest BCUT2D eigenvalue weighted by molar-refractivity contribution is 7.12. The van der Waals surface area contributed by atoms with E-state index in [2.05, 4.69) is 4.57 Å². The number of amides is 1. The number of aryl methyl sites for hydroxylation is 1. The minimum atomic E-state index is -0.637. The van der Waals surface area contributed by atoms with Gasteiger partial charge in [-0.2, -0.15) is 0 Å². The molecular weight excluding hydrogens is 404 g/mol. The monoisotopic (exact) mass is 432 g/mol. The number of likely N-dealkylation sites (tertiary alicyclic amines) is 1. The Labute approximate surface area is 180 Å². The van der Waals surface area contributed by atoms with Gasteiger partial charge in [-0.25, -0.2) is 4.79 Å². The van der Waals surface area contributed by atoms with Crippen LogP contribution in [0.5, 0.6) is 0 Å². The summed E-state index contributed by atoms with van der Waals surface area (Å²) in [5, 5.41) is 1.83. The number of hydrogen-bond donors (Lipinski definition) is 0. The van der Waals surface area contributed by atoms with Crippen molar-refractivity contribution in [2.75, 3.05) is 26.9 Å². The van der Waals surface area contributed by atoms with Gasteiger partial charge in [0.15, 0.2) is 6.61 Å². The molecular formula is C22H28N2O5S. The van der Waals surface area contributed by atoms with Gasteiger partial charge in [-0.05, 0) is 51.1 Å². The lowest BCUT2D eigenvalue weighted by Crippen LogP contribution is -2.41. The van der Waals surface area contributed by atoms with Crippen LogP contribution in [0.2, 0.25) is 0 Å². The van der Waals surface area contributed by atoms with Crippen molar-refractivity contribution in [2.45, 2.75) is 45.7 Å². The molecule has 0 saturated carbocycles. The highest BCUT2D eigenvalue weighted by atomic mass is 32.1. The van der Waals surface area contributed by atoms with Crippen LogP contribution in [0.15, 0.2) is 23.6 Å². The number of hydrogen-bond acceptors (Lipinski definition) is 6. The van der Waals surface area contributed by atoms with Gasteiger partial charge >= 0.3 is 5.97 Å². The second kappa shape index (κ2) is 9.57. The van der Waals surface area contributed by atoms with E-state index in [1.54, 1.807) is 18.1 Å². The SMILES string of the molecule is COCC(C)n1c(C)cc(C(=O)COC(=O)C2CCCN2C(=O)c2cccs2)c1C. The van der Waals surface area contributed by atoms with E-state index in [0.29, 0.717) is 30.0 Å². The topological polar surface area (TPSA) is 77.8 Å². The smallest absolute Gasteiger partial charge is 0.329 e. The molecule has 8 heteroatoms. The van der Waals surface area contributed by atoms with E-state index in [0.717, 1.165) is 17.8 Å². The summed E-state index contributed by atoms with van der Waals surface area (Å²) in [5.41, 5.74) is 2.32. The van der Waals surface area contributed by atoms with E-state index in [-0.39, 0.29) is 24.3 Å². The zero-order valence-electron chi connectivity index (χ0n) is 17.8. The largest absolute Gasteiger partial charge is 0.456 e. The van der Waals surface area contributed by atoms with Gasteiger partial charge in [0.05, 0.1) is 17.5 Å². The number of rotatable bonds is 8. The number of ketones is 1. The normalized spacial score (nSPS) is 17.2. The maximum absolute atomic E-state index is 12.7. The molecule has 1 fully saturated rings. The quantitative estimate of drug-likeness (QED) is 0.472. The van der Waals surface area contributed by atoms with E-state index >= 15 is 0 Å². The molecule has 0 aromatic carbocycles. The van der Waals surface area contributed by atoms with Crippen molar-refractivity contribution in [1.82, 2.24) is 9.47 Å². The fourth-order valence-electron chi connectivity index (χ4n) is 4.16. The fourth-order valence-corrected chi connectivity index (χ4v) is 4.84. The Morgan fingerprint density at radius 2 is 2.07 bits per heavy atom. The molecule has 2 unspecified atom stereocenters. The van der Waals surface area contributed by atoms with Gasteiger partial charge in [0.25, 0.3) is 5.91 Å². The average molecular weight is 433 g/mol. The van der Waals surface area contributed by atoms with Crippen LogP contribution in [0, 0.1) is 13.8 Å². The highest BCUT2D eigenvalue weighted by Crippen LogP contribution is 2.24. The molecule has 162 valence electrons. The van der Waals surface area contributed by atoms with Crippen molar-refractivity contribution in [1.29, 1.82) is 0 Å². The Balaban J connectivity index is 1.64. The van der Waals surface area contributed by atoms with Crippen LogP contribution in [-0.4, -0.2) is 60.0 Å². The van der Waals surface area contributed by atoms with E-state index in [4.69, 9.17) is 9.47 Å². The molecule has 0 N–H and O–H groups in total. The third-order valence-corrected chi connectivity index (χ3v) is 6.35. The van der Waals surface area contributed by atoms with Crippen LogP contribution in [0.25, 0.3) is 0 Å². The van der Waals surface area contributed by atoms with Crippen molar-refractivity contribution in [3.05, 3.63) is 45.4 Å². The number of Topliss-reactive ketones (excluding diaryl/α,β-unsaturated/α-hetero) is 1. The summed E-state index contributed by atoms with van der Waals surface area (Å²) < 4.78 is 12.6. The first-order valence-electron chi connectivity index (χ1n) is 10.1. The molecule has 3 rings (SSSR count). The molecule has 1 amide bonds. The van der Waals surface area contributed by atoms with E-state index in [1.807, 2.05) is 38.3 Å². The number of carbonyl (C=O) groups excluding carboxylic acids is 3. The minimum Gasteiger partial charge on any atom is -0.456 e. The summed E-state index contributed by atoms with van der Waals surface area (Å²) in [6.07, 6.45) is 1.29. The van der Waals surface area contributed by atoms with Gasteiger partial charge in [-0.3, -0.25) is 9.59 Å². The van der Waals surface area contributed by atoms with Crippen LogP contribution in [0.4, 0.5) is 0 Å². The molecule has 2 atom stereocenters. The molecule has 1 aliphatic heterocycles. The van der Waals surface area contributed by atoms with Gasteiger partial charge in [0, 0.05) is 30.6 Å². The van der Waals surface area contributed by atoms with Gasteiger partial charge in [-0.1, -0.05) is 6.07 Å². The Hall–Kier alpha value is -2.45. The lowest BCUT2D eigenvalue weighted by molar-refractivity contribution is -0.147. The van der Waals surface area contributed by atoms with E-state index < -0.39 is 12.0 Å². The maximum atomic E-state index is 12.7. The number of thiophene rings is 1. The van der Waals surface area contributed by atoms with Crippen LogP contribution in [0.3, 0.4) is 0 Å². The molecule has 1 saturated heterocycles. The van der Waals surface area contributed by atoms with Gasteiger partial charge in [-0.15, -0.1) is 11.3 Å². The molecule has 0 aliphatic carbocycles. The lowest BCUT2D eigenvalue weighted by atomic mass is 10.1. The number of nitrogens with zero attached hydrogens (tertiary/aromatic N) is 2. The van der Waals surface area contributed by atoms with Crippen molar-refractivity contribution >= 4 is 29.0 Å². The number of methoxy groups -OCH3 is 1. The summed E-state index contributed by atoms with van der Waals surface area (Å²) in [4.78, 5) is 40.1. The number of carbonyl (C=O) groups is 3. The number of esters is 1.